The molecule has 1 heterocycles. The molecule has 0 aliphatic heterocycles. The van der Waals surface area contributed by atoms with Crippen LogP contribution < -0.4 is 10.1 Å². The number of amides is 1. The summed E-state index contributed by atoms with van der Waals surface area (Å²) in [5.41, 5.74) is 1.22. The van der Waals surface area contributed by atoms with Crippen LogP contribution >= 0.6 is 23.2 Å². The van der Waals surface area contributed by atoms with Crippen molar-refractivity contribution in [2.45, 2.75) is 33.2 Å². The van der Waals surface area contributed by atoms with Crippen LogP contribution in [0.25, 0.3) is 10.9 Å². The van der Waals surface area contributed by atoms with Crippen LogP contribution in [0, 0.1) is 6.92 Å². The third-order valence-corrected chi connectivity index (χ3v) is 4.29. The van der Waals surface area contributed by atoms with Gasteiger partial charge in [-0.25, -0.2) is 9.78 Å². The third kappa shape index (κ3) is 5.22. The molecule has 0 fully saturated rings. The van der Waals surface area contributed by atoms with Crippen molar-refractivity contribution in [3.05, 3.63) is 33.9 Å². The van der Waals surface area contributed by atoms with Gasteiger partial charge in [0.05, 0.1) is 10.0 Å². The van der Waals surface area contributed by atoms with Crippen molar-refractivity contribution in [2.75, 3.05) is 13.2 Å². The van der Waals surface area contributed by atoms with E-state index >= 15 is 0 Å². The zero-order valence-electron chi connectivity index (χ0n) is 14.8. The number of pyridine rings is 1. The summed E-state index contributed by atoms with van der Waals surface area (Å²) in [5.74, 6) is -0.799. The monoisotopic (exact) mass is 398 g/mol. The lowest BCUT2D eigenvalue weighted by Crippen LogP contribution is -2.35. The largest absolute Gasteiger partial charge is 0.478 e. The maximum Gasteiger partial charge on any atom is 0.344 e. The number of fused-ring (bicyclic) bond motifs is 1. The van der Waals surface area contributed by atoms with E-state index in [0.29, 0.717) is 15.9 Å². The number of ether oxygens (including phenoxy) is 2. The molecule has 0 spiro atoms. The van der Waals surface area contributed by atoms with Crippen molar-refractivity contribution >= 4 is 46.0 Å². The maximum absolute atomic E-state index is 11.8. The van der Waals surface area contributed by atoms with E-state index in [1.54, 1.807) is 6.07 Å². The van der Waals surface area contributed by atoms with E-state index in [0.717, 1.165) is 12.1 Å². The molecule has 6 nitrogen and oxygen atoms in total. The molecule has 1 aromatic carbocycles. The van der Waals surface area contributed by atoms with Gasteiger partial charge in [0.2, 0.25) is 0 Å². The number of aryl methyl sites for hydroxylation is 1. The van der Waals surface area contributed by atoms with Gasteiger partial charge >= 0.3 is 5.97 Å². The highest BCUT2D eigenvalue weighted by atomic mass is 35.5. The summed E-state index contributed by atoms with van der Waals surface area (Å²) in [6.45, 7) is 4.87. The Morgan fingerprint density at radius 1 is 1.23 bits per heavy atom. The van der Waals surface area contributed by atoms with E-state index < -0.39 is 12.6 Å². The second-order valence-corrected chi connectivity index (χ2v) is 6.66. The van der Waals surface area contributed by atoms with Crippen molar-refractivity contribution in [2.24, 2.45) is 0 Å². The number of nitrogens with zero attached hydrogens (tertiary/aromatic N) is 1. The number of aromatic nitrogens is 1. The van der Waals surface area contributed by atoms with Gasteiger partial charge in [-0.05, 0) is 38.5 Å². The summed E-state index contributed by atoms with van der Waals surface area (Å²) in [6.07, 6.45) is 0.789. The first-order valence-corrected chi connectivity index (χ1v) is 8.90. The van der Waals surface area contributed by atoms with Crippen LogP contribution in [0.3, 0.4) is 0 Å². The summed E-state index contributed by atoms with van der Waals surface area (Å²) in [7, 11) is 0. The minimum Gasteiger partial charge on any atom is -0.478 e. The molecule has 0 saturated heterocycles. The van der Waals surface area contributed by atoms with E-state index in [4.69, 9.17) is 32.7 Å². The van der Waals surface area contributed by atoms with Crippen molar-refractivity contribution in [1.29, 1.82) is 0 Å². The lowest BCUT2D eigenvalue weighted by Gasteiger charge is -2.13. The zero-order chi connectivity index (χ0) is 19.3. The van der Waals surface area contributed by atoms with Crippen LogP contribution in [-0.2, 0) is 14.3 Å². The van der Waals surface area contributed by atoms with Gasteiger partial charge in [-0.1, -0.05) is 30.1 Å². The fourth-order valence-corrected chi connectivity index (χ4v) is 2.74. The lowest BCUT2D eigenvalue weighted by molar-refractivity contribution is -0.150. The van der Waals surface area contributed by atoms with E-state index in [-0.39, 0.29) is 29.3 Å². The number of halogens is 2. The van der Waals surface area contributed by atoms with Crippen molar-refractivity contribution < 1.29 is 19.1 Å². The van der Waals surface area contributed by atoms with Crippen LogP contribution in [0.2, 0.25) is 10.0 Å². The first kappa shape index (κ1) is 20.3. The summed E-state index contributed by atoms with van der Waals surface area (Å²) in [5, 5.41) is 4.04. The fourth-order valence-electron chi connectivity index (χ4n) is 2.16. The quantitative estimate of drug-likeness (QED) is 0.719. The molecule has 2 rings (SSSR count). The van der Waals surface area contributed by atoms with Crippen LogP contribution in [0.4, 0.5) is 0 Å². The molecule has 26 heavy (non-hydrogen) atoms. The number of benzene rings is 1. The summed E-state index contributed by atoms with van der Waals surface area (Å²) >= 11 is 12.4. The molecule has 0 radical (unpaired) electrons. The molecule has 0 saturated carbocycles. The first-order chi connectivity index (χ1) is 12.3. The second-order valence-electron chi connectivity index (χ2n) is 5.84. The van der Waals surface area contributed by atoms with Crippen molar-refractivity contribution in [3.63, 3.8) is 0 Å². The highest BCUT2D eigenvalue weighted by Gasteiger charge is 2.16. The van der Waals surface area contributed by atoms with Gasteiger partial charge in [-0.15, -0.1) is 0 Å². The Morgan fingerprint density at radius 3 is 2.65 bits per heavy atom. The Balaban J connectivity index is 2.02. The summed E-state index contributed by atoms with van der Waals surface area (Å²) in [6, 6.07) is 5.17. The van der Waals surface area contributed by atoms with Gasteiger partial charge in [0, 0.05) is 17.1 Å². The van der Waals surface area contributed by atoms with Gasteiger partial charge in [0.15, 0.2) is 19.0 Å². The van der Waals surface area contributed by atoms with Crippen LogP contribution in [0.5, 0.6) is 5.75 Å². The fraction of sp³-hybridized carbons (Fsp3) is 0.389. The van der Waals surface area contributed by atoms with E-state index in [1.165, 1.54) is 6.07 Å². The number of carbonyl (C=O) groups excluding carboxylic acids is 2. The Hall–Kier alpha value is -2.05. The molecule has 1 N–H and O–H groups in total. The minimum atomic E-state index is -0.684. The summed E-state index contributed by atoms with van der Waals surface area (Å²) < 4.78 is 10.4. The Morgan fingerprint density at radius 2 is 1.96 bits per heavy atom. The molecule has 0 unspecified atom stereocenters. The molecule has 1 amide bonds. The molecule has 8 heteroatoms. The number of esters is 1. The standard InChI is InChI=1S/C18H20Cl2N2O4/c1-4-10(2)21-15(23)8-25-16(24)9-26-18-14(20)7-13(19)12-6-5-11(3)22-17(12)18/h5-7,10H,4,8-9H2,1-3H3,(H,21,23)/t10-/m1/s1. The second kappa shape index (κ2) is 9.05. The normalized spacial score (nSPS) is 11.9. The average molecular weight is 399 g/mol. The summed E-state index contributed by atoms with van der Waals surface area (Å²) in [4.78, 5) is 27.8. The van der Waals surface area contributed by atoms with Crippen LogP contribution in [0.1, 0.15) is 26.0 Å². The number of carbonyl (C=O) groups is 2. The zero-order valence-corrected chi connectivity index (χ0v) is 16.3. The van der Waals surface area contributed by atoms with Gasteiger partial charge in [-0.2, -0.15) is 0 Å². The molecule has 0 aliphatic rings. The first-order valence-electron chi connectivity index (χ1n) is 8.15. The molecule has 0 aliphatic carbocycles. The van der Waals surface area contributed by atoms with Gasteiger partial charge in [-0.3, -0.25) is 4.79 Å². The molecule has 2 aromatic rings. The Labute approximate surface area is 161 Å². The number of rotatable bonds is 7. The number of hydrogen-bond acceptors (Lipinski definition) is 5. The van der Waals surface area contributed by atoms with E-state index in [2.05, 4.69) is 10.3 Å². The Kier molecular flexibility index (Phi) is 7.06. The molecule has 0 bridgehead atoms. The van der Waals surface area contributed by atoms with E-state index in [1.807, 2.05) is 26.8 Å². The minimum absolute atomic E-state index is 0.0194. The maximum atomic E-state index is 11.8. The predicted molar refractivity (Wildman–Crippen MR) is 101 cm³/mol. The molecule has 140 valence electrons. The van der Waals surface area contributed by atoms with Crippen molar-refractivity contribution in [3.8, 4) is 5.75 Å². The predicted octanol–water partition coefficient (Wildman–Crippen LogP) is 3.69. The molecule has 1 atom stereocenters. The Bertz CT molecular complexity index is 826. The van der Waals surface area contributed by atoms with Crippen molar-refractivity contribution in [1.82, 2.24) is 10.3 Å². The topological polar surface area (TPSA) is 77.5 Å². The van der Waals surface area contributed by atoms with E-state index in [9.17, 15) is 9.59 Å². The number of hydrogen-bond donors (Lipinski definition) is 1. The molecular formula is C18H20Cl2N2O4. The molecule has 1 aromatic heterocycles. The van der Waals surface area contributed by atoms with Crippen LogP contribution in [0.15, 0.2) is 18.2 Å². The highest BCUT2D eigenvalue weighted by molar-refractivity contribution is 6.39. The third-order valence-electron chi connectivity index (χ3n) is 3.70. The smallest absolute Gasteiger partial charge is 0.344 e. The van der Waals surface area contributed by atoms with Crippen LogP contribution in [-0.4, -0.2) is 36.1 Å². The number of nitrogens with one attached hydrogen (secondary N) is 1. The molecular weight excluding hydrogens is 379 g/mol. The van der Waals surface area contributed by atoms with Gasteiger partial charge in [0.1, 0.15) is 5.52 Å². The lowest BCUT2D eigenvalue weighted by atomic mass is 10.2. The average Bonchev–Trinajstić information content (AvgIpc) is 2.59. The highest BCUT2D eigenvalue weighted by Crippen LogP contribution is 2.37. The van der Waals surface area contributed by atoms with Gasteiger partial charge < -0.3 is 14.8 Å². The van der Waals surface area contributed by atoms with Gasteiger partial charge in [0.25, 0.3) is 5.91 Å². The SMILES string of the molecule is CC[C@@H](C)NC(=O)COC(=O)COc1c(Cl)cc(Cl)c2ccc(C)nc12.